The van der Waals surface area contributed by atoms with Gasteiger partial charge in [-0.3, -0.25) is 19.2 Å². The van der Waals surface area contributed by atoms with Crippen LogP contribution >= 0.6 is 0 Å². The van der Waals surface area contributed by atoms with Crippen LogP contribution in [0.5, 0.6) is 0 Å². The molecule has 0 spiro atoms. The zero-order valence-corrected chi connectivity index (χ0v) is 21.5. The molecule has 4 amide bonds. The van der Waals surface area contributed by atoms with Gasteiger partial charge >= 0.3 is 0 Å². The van der Waals surface area contributed by atoms with Crippen LogP contribution in [0.1, 0.15) is 28.5 Å². The first-order valence-corrected chi connectivity index (χ1v) is 13.2. The highest BCUT2D eigenvalue weighted by atomic mass is 19.1. The zero-order chi connectivity index (χ0) is 28.5. The molecule has 4 atom stereocenters. The molecule has 2 saturated heterocycles. The molecule has 6 nitrogen and oxygen atoms in total. The highest BCUT2D eigenvalue weighted by Crippen LogP contribution is 2.63. The van der Waals surface area contributed by atoms with Crippen LogP contribution in [0.4, 0.5) is 20.2 Å². The van der Waals surface area contributed by atoms with Crippen molar-refractivity contribution in [1.82, 2.24) is 0 Å². The van der Waals surface area contributed by atoms with Crippen LogP contribution in [0.15, 0.2) is 103 Å². The van der Waals surface area contributed by atoms with Crippen molar-refractivity contribution in [1.29, 1.82) is 0 Å². The van der Waals surface area contributed by atoms with Crippen LogP contribution in [-0.4, -0.2) is 23.6 Å². The Morgan fingerprint density at radius 3 is 1.73 bits per heavy atom. The monoisotopic (exact) mass is 548 g/mol. The summed E-state index contributed by atoms with van der Waals surface area (Å²) in [6.45, 7) is 0. The van der Waals surface area contributed by atoms with Crippen molar-refractivity contribution < 1.29 is 28.0 Å². The van der Waals surface area contributed by atoms with Crippen molar-refractivity contribution in [2.45, 2.75) is 18.3 Å². The maximum absolute atomic E-state index is 14.7. The van der Waals surface area contributed by atoms with Gasteiger partial charge in [0, 0.05) is 0 Å². The predicted octanol–water partition coefficient (Wildman–Crippen LogP) is 5.14. The third kappa shape index (κ3) is 3.46. The number of benzene rings is 4. The lowest BCUT2D eigenvalue weighted by Crippen LogP contribution is -2.51. The maximum Gasteiger partial charge on any atom is 0.242 e. The molecule has 0 aromatic heterocycles. The molecule has 1 aliphatic carbocycles. The second-order valence-corrected chi connectivity index (χ2v) is 10.7. The number of amides is 4. The van der Waals surface area contributed by atoms with Crippen molar-refractivity contribution in [3.8, 4) is 0 Å². The van der Waals surface area contributed by atoms with Crippen molar-refractivity contribution in [3.63, 3.8) is 0 Å². The van der Waals surface area contributed by atoms with E-state index in [4.69, 9.17) is 0 Å². The Bertz CT molecular complexity index is 1740. The Balaban J connectivity index is 1.49. The third-order valence-corrected chi connectivity index (χ3v) is 8.60. The number of fused-ring (bicyclic) bond motifs is 6. The molecule has 0 saturated carbocycles. The molecule has 8 heteroatoms. The van der Waals surface area contributed by atoms with E-state index in [1.807, 2.05) is 18.2 Å². The minimum atomic E-state index is -1.65. The molecule has 0 radical (unpaired) electrons. The summed E-state index contributed by atoms with van der Waals surface area (Å²) < 4.78 is 27.6. The van der Waals surface area contributed by atoms with Crippen molar-refractivity contribution >= 4 is 35.0 Å². The lowest BCUT2D eigenvalue weighted by molar-refractivity contribution is -0.138. The summed E-state index contributed by atoms with van der Waals surface area (Å²) in [6.07, 6.45) is 0.0204. The van der Waals surface area contributed by atoms with Crippen LogP contribution in [0, 0.1) is 23.0 Å². The van der Waals surface area contributed by atoms with E-state index in [2.05, 4.69) is 0 Å². The average molecular weight is 549 g/mol. The minimum Gasteiger partial charge on any atom is -0.274 e. The molecule has 41 heavy (non-hydrogen) atoms. The Hall–Kier alpha value is -4.98. The fraction of sp³-hybridized carbons (Fsp3) is 0.152. The van der Waals surface area contributed by atoms with Crippen LogP contribution in [-0.2, 0) is 25.6 Å². The summed E-state index contributed by atoms with van der Waals surface area (Å²) in [5.41, 5.74) is 0.466. The standard InChI is InChI=1S/C33H22F2N2O4/c34-20-10-14-22(15-11-20)36-29(38)26-24-8-4-5-9-25(24)27-30(39)37(23-16-12-21(35)13-17-23)32(41)33(27,28(26)31(36)40)18-19-6-2-1-3-7-19/h1-17,26-28H,18H2. The van der Waals surface area contributed by atoms with Gasteiger partial charge < -0.3 is 0 Å². The molecule has 3 aliphatic rings. The van der Waals surface area contributed by atoms with E-state index in [1.165, 1.54) is 36.4 Å². The number of imide groups is 2. The molecule has 7 rings (SSSR count). The number of hydrogen-bond donors (Lipinski definition) is 0. The number of anilines is 2. The second kappa shape index (κ2) is 9.02. The Morgan fingerprint density at radius 1 is 0.585 bits per heavy atom. The summed E-state index contributed by atoms with van der Waals surface area (Å²) in [6, 6.07) is 26.1. The van der Waals surface area contributed by atoms with E-state index in [9.17, 15) is 28.0 Å². The van der Waals surface area contributed by atoms with Gasteiger partial charge in [-0.05, 0) is 71.6 Å². The lowest BCUT2D eigenvalue weighted by atomic mass is 9.54. The predicted molar refractivity (Wildman–Crippen MR) is 146 cm³/mol. The summed E-state index contributed by atoms with van der Waals surface area (Å²) in [4.78, 5) is 59.6. The lowest BCUT2D eigenvalue weighted by Gasteiger charge is -2.43. The molecule has 2 aliphatic heterocycles. The van der Waals surface area contributed by atoms with Gasteiger partial charge in [-0.25, -0.2) is 18.6 Å². The molecule has 0 N–H and O–H groups in total. The largest absolute Gasteiger partial charge is 0.274 e. The van der Waals surface area contributed by atoms with E-state index in [0.717, 1.165) is 27.5 Å². The van der Waals surface area contributed by atoms with Gasteiger partial charge in [0.25, 0.3) is 0 Å². The van der Waals surface area contributed by atoms with Gasteiger partial charge in [0.15, 0.2) is 0 Å². The first-order valence-electron chi connectivity index (χ1n) is 13.2. The number of carbonyl (C=O) groups excluding carboxylic acids is 4. The Kier molecular flexibility index (Phi) is 5.51. The normalized spacial score (nSPS) is 24.9. The topological polar surface area (TPSA) is 74.8 Å². The fourth-order valence-corrected chi connectivity index (χ4v) is 6.96. The molecule has 4 aromatic rings. The maximum atomic E-state index is 14.7. The molecule has 0 bridgehead atoms. The molecular weight excluding hydrogens is 526 g/mol. The van der Waals surface area contributed by atoms with Crippen LogP contribution < -0.4 is 9.80 Å². The summed E-state index contributed by atoms with van der Waals surface area (Å²) in [5, 5.41) is 0. The zero-order valence-electron chi connectivity index (χ0n) is 21.5. The van der Waals surface area contributed by atoms with E-state index in [0.29, 0.717) is 11.1 Å². The van der Waals surface area contributed by atoms with Crippen molar-refractivity contribution in [2.75, 3.05) is 9.80 Å². The van der Waals surface area contributed by atoms with Gasteiger partial charge in [0.2, 0.25) is 23.6 Å². The Morgan fingerprint density at radius 2 is 1.12 bits per heavy atom. The van der Waals surface area contributed by atoms with Crippen LogP contribution in [0.3, 0.4) is 0 Å². The Labute approximate surface area is 233 Å². The molecule has 4 aromatic carbocycles. The van der Waals surface area contributed by atoms with Crippen molar-refractivity contribution in [2.24, 2.45) is 11.3 Å². The quantitative estimate of drug-likeness (QED) is 0.331. The third-order valence-electron chi connectivity index (χ3n) is 8.60. The first kappa shape index (κ1) is 25.0. The molecule has 4 unspecified atom stereocenters. The van der Waals surface area contributed by atoms with E-state index < -0.39 is 58.4 Å². The molecular formula is C33H22F2N2O4. The van der Waals surface area contributed by atoms with Crippen LogP contribution in [0.2, 0.25) is 0 Å². The summed E-state index contributed by atoms with van der Waals surface area (Å²) >= 11 is 0. The smallest absolute Gasteiger partial charge is 0.242 e. The van der Waals surface area contributed by atoms with Gasteiger partial charge in [0.1, 0.15) is 11.6 Å². The van der Waals surface area contributed by atoms with E-state index in [1.54, 1.807) is 36.4 Å². The molecule has 2 fully saturated rings. The van der Waals surface area contributed by atoms with Gasteiger partial charge in [-0.15, -0.1) is 0 Å². The number of hydrogen-bond acceptors (Lipinski definition) is 4. The summed E-state index contributed by atoms with van der Waals surface area (Å²) in [5.74, 6) is -6.67. The van der Waals surface area contributed by atoms with Crippen molar-refractivity contribution in [3.05, 3.63) is 131 Å². The van der Waals surface area contributed by atoms with Crippen LogP contribution in [0.25, 0.3) is 0 Å². The first-order chi connectivity index (χ1) is 19.8. The highest BCUT2D eigenvalue weighted by Gasteiger charge is 2.73. The second-order valence-electron chi connectivity index (χ2n) is 10.7. The molecule has 2 heterocycles. The van der Waals surface area contributed by atoms with Gasteiger partial charge in [-0.1, -0.05) is 54.6 Å². The van der Waals surface area contributed by atoms with E-state index >= 15 is 0 Å². The number of rotatable bonds is 4. The molecule has 202 valence electrons. The van der Waals surface area contributed by atoms with Gasteiger partial charge in [-0.2, -0.15) is 0 Å². The number of carbonyl (C=O) groups is 4. The summed E-state index contributed by atoms with van der Waals surface area (Å²) in [7, 11) is 0. The van der Waals surface area contributed by atoms with Gasteiger partial charge in [0.05, 0.1) is 34.5 Å². The number of halogens is 2. The fourth-order valence-electron chi connectivity index (χ4n) is 6.96. The SMILES string of the molecule is O=C1C2c3ccccc3C3C(=O)N(c4ccc(F)cc4)C(=O)C3(Cc3ccccc3)C2C(=O)N1c1ccc(F)cc1. The highest BCUT2D eigenvalue weighted by molar-refractivity contribution is 6.31. The average Bonchev–Trinajstić information content (AvgIpc) is 3.37. The number of nitrogens with zero attached hydrogens (tertiary/aromatic N) is 2. The minimum absolute atomic E-state index is 0.0204. The van der Waals surface area contributed by atoms with E-state index in [-0.39, 0.29) is 17.8 Å².